The summed E-state index contributed by atoms with van der Waals surface area (Å²) in [6.45, 7) is 0. The Bertz CT molecular complexity index is 150. The standard InChI is InChI=1S/C6H11N3O/c1-8-5(4-7)3-6(10)9-2/h5,8H,3H2,1-2H3,(H,9,10). The molecule has 0 aromatic carbocycles. The molecule has 0 fully saturated rings. The van der Waals surface area contributed by atoms with E-state index in [1.807, 2.05) is 6.07 Å². The van der Waals surface area contributed by atoms with E-state index in [0.29, 0.717) is 0 Å². The van der Waals surface area contributed by atoms with Crippen molar-refractivity contribution in [1.82, 2.24) is 10.6 Å². The van der Waals surface area contributed by atoms with Gasteiger partial charge in [-0.3, -0.25) is 4.79 Å². The van der Waals surface area contributed by atoms with Gasteiger partial charge in [0, 0.05) is 7.05 Å². The van der Waals surface area contributed by atoms with Gasteiger partial charge in [0.2, 0.25) is 5.91 Å². The molecule has 4 nitrogen and oxygen atoms in total. The fourth-order valence-electron chi connectivity index (χ4n) is 0.500. The number of nitrogens with one attached hydrogen (secondary N) is 2. The fourth-order valence-corrected chi connectivity index (χ4v) is 0.500. The first kappa shape index (κ1) is 8.92. The van der Waals surface area contributed by atoms with E-state index < -0.39 is 0 Å². The summed E-state index contributed by atoms with van der Waals surface area (Å²) in [5.41, 5.74) is 0. The van der Waals surface area contributed by atoms with E-state index in [-0.39, 0.29) is 18.4 Å². The molecule has 56 valence electrons. The highest BCUT2D eigenvalue weighted by Crippen LogP contribution is 1.87. The number of hydrogen-bond acceptors (Lipinski definition) is 3. The quantitative estimate of drug-likeness (QED) is 0.542. The van der Waals surface area contributed by atoms with Crippen molar-refractivity contribution in [3.63, 3.8) is 0 Å². The van der Waals surface area contributed by atoms with Crippen LogP contribution in [0.5, 0.6) is 0 Å². The first-order chi connectivity index (χ1) is 4.74. The molecule has 0 aliphatic rings. The number of amides is 1. The Hall–Kier alpha value is -1.08. The van der Waals surface area contributed by atoms with Gasteiger partial charge in [0.05, 0.1) is 12.5 Å². The Labute approximate surface area is 60.2 Å². The predicted molar refractivity (Wildman–Crippen MR) is 37.1 cm³/mol. The molecule has 0 aliphatic heterocycles. The molecule has 0 rings (SSSR count). The van der Waals surface area contributed by atoms with Crippen molar-refractivity contribution in [3.05, 3.63) is 0 Å². The average molecular weight is 141 g/mol. The van der Waals surface area contributed by atoms with Crippen molar-refractivity contribution in [2.75, 3.05) is 14.1 Å². The van der Waals surface area contributed by atoms with Gasteiger partial charge in [-0.05, 0) is 7.05 Å². The highest BCUT2D eigenvalue weighted by atomic mass is 16.1. The SMILES string of the molecule is CNC(=O)CC(C#N)NC. The van der Waals surface area contributed by atoms with Crippen molar-refractivity contribution in [2.24, 2.45) is 0 Å². The number of carbonyl (C=O) groups excluding carboxylic acids is 1. The van der Waals surface area contributed by atoms with Gasteiger partial charge in [0.1, 0.15) is 6.04 Å². The van der Waals surface area contributed by atoms with E-state index in [2.05, 4.69) is 10.6 Å². The molecule has 1 unspecified atom stereocenters. The second kappa shape index (κ2) is 4.77. The Kier molecular flexibility index (Phi) is 4.25. The number of nitriles is 1. The molecule has 1 amide bonds. The Morgan fingerprint density at radius 2 is 2.30 bits per heavy atom. The van der Waals surface area contributed by atoms with Crippen LogP contribution in [0.1, 0.15) is 6.42 Å². The van der Waals surface area contributed by atoms with Crippen molar-refractivity contribution in [1.29, 1.82) is 5.26 Å². The molecule has 0 saturated carbocycles. The van der Waals surface area contributed by atoms with Crippen LogP contribution >= 0.6 is 0 Å². The van der Waals surface area contributed by atoms with Crippen LogP contribution in [0.4, 0.5) is 0 Å². The van der Waals surface area contributed by atoms with Crippen molar-refractivity contribution in [2.45, 2.75) is 12.5 Å². The van der Waals surface area contributed by atoms with Crippen molar-refractivity contribution in [3.8, 4) is 6.07 Å². The minimum atomic E-state index is -0.375. The van der Waals surface area contributed by atoms with Crippen LogP contribution in [0, 0.1) is 11.3 Å². The summed E-state index contributed by atoms with van der Waals surface area (Å²) >= 11 is 0. The van der Waals surface area contributed by atoms with Crippen LogP contribution in [-0.4, -0.2) is 26.0 Å². The third-order valence-electron chi connectivity index (χ3n) is 1.17. The Morgan fingerprint density at radius 3 is 2.60 bits per heavy atom. The highest BCUT2D eigenvalue weighted by molar-refractivity contribution is 5.76. The molecule has 0 saturated heterocycles. The zero-order chi connectivity index (χ0) is 7.98. The first-order valence-corrected chi connectivity index (χ1v) is 3.02. The molecule has 2 N–H and O–H groups in total. The van der Waals surface area contributed by atoms with E-state index in [9.17, 15) is 4.79 Å². The summed E-state index contributed by atoms with van der Waals surface area (Å²) in [5, 5.41) is 13.5. The maximum atomic E-state index is 10.6. The summed E-state index contributed by atoms with van der Waals surface area (Å²) in [7, 11) is 3.20. The number of carbonyl (C=O) groups is 1. The monoisotopic (exact) mass is 141 g/mol. The zero-order valence-corrected chi connectivity index (χ0v) is 6.14. The minimum Gasteiger partial charge on any atom is -0.359 e. The number of rotatable bonds is 3. The van der Waals surface area contributed by atoms with Gasteiger partial charge < -0.3 is 10.6 Å². The molecule has 0 spiro atoms. The molecule has 10 heavy (non-hydrogen) atoms. The summed E-state index contributed by atoms with van der Waals surface area (Å²) in [6, 6.07) is 1.57. The van der Waals surface area contributed by atoms with Crippen molar-refractivity contribution < 1.29 is 4.79 Å². The van der Waals surface area contributed by atoms with Gasteiger partial charge in [0.25, 0.3) is 0 Å². The largest absolute Gasteiger partial charge is 0.359 e. The summed E-state index contributed by atoms with van der Waals surface area (Å²) in [6.07, 6.45) is 0.212. The Balaban J connectivity index is 3.66. The van der Waals surface area contributed by atoms with Gasteiger partial charge in [-0.2, -0.15) is 5.26 Å². The molecule has 0 aromatic rings. The highest BCUT2D eigenvalue weighted by Gasteiger charge is 2.07. The fraction of sp³-hybridized carbons (Fsp3) is 0.667. The van der Waals surface area contributed by atoms with Crippen LogP contribution in [0.15, 0.2) is 0 Å². The summed E-state index contributed by atoms with van der Waals surface area (Å²) < 4.78 is 0. The van der Waals surface area contributed by atoms with Gasteiger partial charge in [-0.1, -0.05) is 0 Å². The van der Waals surface area contributed by atoms with Gasteiger partial charge in [-0.25, -0.2) is 0 Å². The lowest BCUT2D eigenvalue weighted by molar-refractivity contribution is -0.120. The molecule has 1 atom stereocenters. The third-order valence-corrected chi connectivity index (χ3v) is 1.17. The number of nitrogens with zero attached hydrogens (tertiary/aromatic N) is 1. The first-order valence-electron chi connectivity index (χ1n) is 3.02. The van der Waals surface area contributed by atoms with Gasteiger partial charge in [0.15, 0.2) is 0 Å². The predicted octanol–water partition coefficient (Wildman–Crippen LogP) is -0.766. The smallest absolute Gasteiger partial charge is 0.222 e. The number of hydrogen-bond donors (Lipinski definition) is 2. The van der Waals surface area contributed by atoms with E-state index in [4.69, 9.17) is 5.26 Å². The van der Waals surface area contributed by atoms with Crippen LogP contribution in [0.25, 0.3) is 0 Å². The van der Waals surface area contributed by atoms with E-state index in [1.165, 1.54) is 0 Å². The third kappa shape index (κ3) is 3.05. The molecule has 0 radical (unpaired) electrons. The maximum absolute atomic E-state index is 10.6. The van der Waals surface area contributed by atoms with Crippen LogP contribution in [0.2, 0.25) is 0 Å². The molecular formula is C6H11N3O. The molecule has 0 aromatic heterocycles. The topological polar surface area (TPSA) is 64.9 Å². The van der Waals surface area contributed by atoms with Crippen molar-refractivity contribution >= 4 is 5.91 Å². The molecule has 0 aliphatic carbocycles. The molecule has 0 bridgehead atoms. The van der Waals surface area contributed by atoms with Crippen LogP contribution in [-0.2, 0) is 4.79 Å². The van der Waals surface area contributed by atoms with E-state index in [0.717, 1.165) is 0 Å². The average Bonchev–Trinajstić information content (AvgIpc) is 1.99. The lowest BCUT2D eigenvalue weighted by atomic mass is 10.2. The van der Waals surface area contributed by atoms with E-state index in [1.54, 1.807) is 14.1 Å². The minimum absolute atomic E-state index is 0.124. The normalized spacial score (nSPS) is 11.7. The molecule has 4 heteroatoms. The molecule has 0 heterocycles. The van der Waals surface area contributed by atoms with Crippen LogP contribution in [0.3, 0.4) is 0 Å². The van der Waals surface area contributed by atoms with Gasteiger partial charge in [-0.15, -0.1) is 0 Å². The second-order valence-electron chi connectivity index (χ2n) is 1.85. The van der Waals surface area contributed by atoms with Gasteiger partial charge >= 0.3 is 0 Å². The lowest BCUT2D eigenvalue weighted by Crippen LogP contribution is -2.30. The second-order valence-corrected chi connectivity index (χ2v) is 1.85. The lowest BCUT2D eigenvalue weighted by Gasteiger charge is -2.04. The summed E-state index contributed by atoms with van der Waals surface area (Å²) in [5.74, 6) is -0.124. The maximum Gasteiger partial charge on any atom is 0.222 e. The Morgan fingerprint density at radius 1 is 1.70 bits per heavy atom. The molecular weight excluding hydrogens is 130 g/mol. The zero-order valence-electron chi connectivity index (χ0n) is 6.14. The van der Waals surface area contributed by atoms with E-state index >= 15 is 0 Å². The summed E-state index contributed by atoms with van der Waals surface area (Å²) in [4.78, 5) is 10.6. The van der Waals surface area contributed by atoms with Crippen LogP contribution < -0.4 is 10.6 Å².